The van der Waals surface area contributed by atoms with Gasteiger partial charge in [-0.15, -0.1) is 11.3 Å². The van der Waals surface area contributed by atoms with Gasteiger partial charge in [0.05, 0.1) is 32.1 Å². The van der Waals surface area contributed by atoms with Crippen LogP contribution < -0.4 is 4.90 Å². The number of thiazole rings is 1. The van der Waals surface area contributed by atoms with Gasteiger partial charge < -0.3 is 4.74 Å². The third kappa shape index (κ3) is 4.60. The Hall–Kier alpha value is -1.39. The maximum atomic E-state index is 13.6. The summed E-state index contributed by atoms with van der Waals surface area (Å²) in [5.41, 5.74) is 0.708. The number of ether oxygens (including phenoxy) is 1. The number of thiophene rings is 1. The summed E-state index contributed by atoms with van der Waals surface area (Å²) < 4.78 is 20.6. The second-order valence-electron chi connectivity index (χ2n) is 6.48. The first-order chi connectivity index (χ1) is 13.6. The lowest BCUT2D eigenvalue weighted by Gasteiger charge is -2.27. The number of amides is 1. The molecule has 1 aliphatic rings. The molecule has 0 aliphatic carbocycles. The van der Waals surface area contributed by atoms with Crippen LogP contribution in [0.4, 0.5) is 9.52 Å². The zero-order valence-corrected chi connectivity index (χ0v) is 18.3. The molecule has 0 atom stereocenters. The number of anilines is 1. The maximum Gasteiger partial charge on any atom is 0.270 e. The van der Waals surface area contributed by atoms with Gasteiger partial charge in [0, 0.05) is 26.2 Å². The molecule has 3 heterocycles. The molecule has 0 saturated carbocycles. The molecule has 0 bridgehead atoms. The minimum Gasteiger partial charge on any atom is -0.379 e. The summed E-state index contributed by atoms with van der Waals surface area (Å²) in [5, 5.41) is 0.608. The van der Waals surface area contributed by atoms with Crippen LogP contribution in [-0.2, 0) is 4.74 Å². The summed E-state index contributed by atoms with van der Waals surface area (Å²) in [7, 11) is 0. The average molecular weight is 484 g/mol. The summed E-state index contributed by atoms with van der Waals surface area (Å²) in [5.74, 6) is -0.368. The highest BCUT2D eigenvalue weighted by molar-refractivity contribution is 9.11. The van der Waals surface area contributed by atoms with Crippen LogP contribution in [0.15, 0.2) is 34.1 Å². The van der Waals surface area contributed by atoms with E-state index in [9.17, 15) is 9.18 Å². The van der Waals surface area contributed by atoms with Crippen LogP contribution in [0.25, 0.3) is 10.2 Å². The predicted molar refractivity (Wildman–Crippen MR) is 115 cm³/mol. The number of benzene rings is 1. The molecule has 1 fully saturated rings. The van der Waals surface area contributed by atoms with Crippen molar-refractivity contribution >= 4 is 59.9 Å². The third-order valence-corrected chi connectivity index (χ3v) is 7.21. The number of morpholine rings is 1. The SMILES string of the molecule is O=C(c1ccc(Br)s1)N(CCCN1CCOCC1)c1nc2ccc(F)cc2s1. The molecule has 2 aromatic heterocycles. The lowest BCUT2D eigenvalue weighted by atomic mass is 10.3. The summed E-state index contributed by atoms with van der Waals surface area (Å²) in [6.45, 7) is 4.83. The zero-order chi connectivity index (χ0) is 19.5. The van der Waals surface area contributed by atoms with E-state index < -0.39 is 0 Å². The van der Waals surface area contributed by atoms with Gasteiger partial charge in [0.15, 0.2) is 5.13 Å². The van der Waals surface area contributed by atoms with E-state index in [0.717, 1.165) is 47.8 Å². The number of carbonyl (C=O) groups is 1. The quantitative estimate of drug-likeness (QED) is 0.512. The highest BCUT2D eigenvalue weighted by Crippen LogP contribution is 2.32. The van der Waals surface area contributed by atoms with Crippen LogP contribution in [-0.4, -0.2) is 55.2 Å². The van der Waals surface area contributed by atoms with Crippen LogP contribution in [0.5, 0.6) is 0 Å². The number of carbonyl (C=O) groups excluding carboxylic acids is 1. The van der Waals surface area contributed by atoms with E-state index >= 15 is 0 Å². The third-order valence-electron chi connectivity index (χ3n) is 4.56. The molecule has 28 heavy (non-hydrogen) atoms. The van der Waals surface area contributed by atoms with Crippen LogP contribution in [0, 0.1) is 5.82 Å². The fourth-order valence-electron chi connectivity index (χ4n) is 3.13. The Morgan fingerprint density at radius 3 is 2.82 bits per heavy atom. The Balaban J connectivity index is 1.55. The molecule has 0 spiro atoms. The lowest BCUT2D eigenvalue weighted by Crippen LogP contribution is -2.39. The molecular weight excluding hydrogens is 465 g/mol. The highest BCUT2D eigenvalue weighted by atomic mass is 79.9. The average Bonchev–Trinajstić information content (AvgIpc) is 3.31. The van der Waals surface area contributed by atoms with Crippen molar-refractivity contribution in [2.24, 2.45) is 0 Å². The van der Waals surface area contributed by atoms with E-state index in [-0.39, 0.29) is 11.7 Å². The van der Waals surface area contributed by atoms with Crippen molar-refractivity contribution in [3.63, 3.8) is 0 Å². The molecule has 148 valence electrons. The Morgan fingerprint density at radius 2 is 2.07 bits per heavy atom. The first-order valence-electron chi connectivity index (χ1n) is 9.03. The summed E-state index contributed by atoms with van der Waals surface area (Å²) >= 11 is 6.17. The molecule has 1 aliphatic heterocycles. The largest absolute Gasteiger partial charge is 0.379 e. The molecule has 9 heteroatoms. The molecule has 0 radical (unpaired) electrons. The second-order valence-corrected chi connectivity index (χ2v) is 9.95. The normalized spacial score (nSPS) is 15.2. The van der Waals surface area contributed by atoms with Gasteiger partial charge in [-0.1, -0.05) is 11.3 Å². The molecule has 4 rings (SSSR count). The Morgan fingerprint density at radius 1 is 1.25 bits per heavy atom. The van der Waals surface area contributed by atoms with Gasteiger partial charge in [0.25, 0.3) is 5.91 Å². The van der Waals surface area contributed by atoms with Crippen molar-refractivity contribution in [3.05, 3.63) is 44.8 Å². The molecule has 1 amide bonds. The Kier molecular flexibility index (Phi) is 6.37. The lowest BCUT2D eigenvalue weighted by molar-refractivity contribution is 0.0376. The highest BCUT2D eigenvalue weighted by Gasteiger charge is 2.23. The summed E-state index contributed by atoms with van der Waals surface area (Å²) in [6, 6.07) is 8.21. The van der Waals surface area contributed by atoms with Crippen LogP contribution in [0.3, 0.4) is 0 Å². The standard InChI is InChI=1S/C19H19BrFN3O2S2/c20-17-5-4-15(27-17)18(25)24(7-1-6-23-8-10-26-11-9-23)19-22-14-3-2-13(21)12-16(14)28-19/h2-5,12H,1,6-11H2. The number of hydrogen-bond donors (Lipinski definition) is 0. The van der Waals surface area contributed by atoms with Crippen LogP contribution >= 0.6 is 38.6 Å². The fraction of sp³-hybridized carbons (Fsp3) is 0.368. The van der Waals surface area contributed by atoms with E-state index in [1.807, 2.05) is 12.1 Å². The molecule has 5 nitrogen and oxygen atoms in total. The fourth-order valence-corrected chi connectivity index (χ4v) is 5.48. The van der Waals surface area contributed by atoms with E-state index in [0.29, 0.717) is 22.1 Å². The molecule has 1 aromatic carbocycles. The number of nitrogens with zero attached hydrogens (tertiary/aromatic N) is 3. The first-order valence-corrected chi connectivity index (χ1v) is 11.5. The van der Waals surface area contributed by atoms with Gasteiger partial charge >= 0.3 is 0 Å². The topological polar surface area (TPSA) is 45.7 Å². The number of aromatic nitrogens is 1. The Bertz CT molecular complexity index is 971. The van der Waals surface area contributed by atoms with E-state index in [2.05, 4.69) is 25.8 Å². The van der Waals surface area contributed by atoms with Crippen molar-refractivity contribution in [1.82, 2.24) is 9.88 Å². The molecule has 0 N–H and O–H groups in total. The summed E-state index contributed by atoms with van der Waals surface area (Å²) in [4.78, 5) is 22.5. The van der Waals surface area contributed by atoms with Crippen LogP contribution in [0.1, 0.15) is 16.1 Å². The van der Waals surface area contributed by atoms with Gasteiger partial charge in [0.1, 0.15) is 5.82 Å². The second kappa shape index (κ2) is 8.96. The number of halogens is 2. The monoisotopic (exact) mass is 483 g/mol. The predicted octanol–water partition coefficient (Wildman–Crippen LogP) is 4.63. The van der Waals surface area contributed by atoms with Crippen molar-refractivity contribution in [2.45, 2.75) is 6.42 Å². The minimum absolute atomic E-state index is 0.0720. The van der Waals surface area contributed by atoms with Crippen LogP contribution in [0.2, 0.25) is 0 Å². The molecule has 3 aromatic rings. The van der Waals surface area contributed by atoms with Crippen molar-refractivity contribution < 1.29 is 13.9 Å². The maximum absolute atomic E-state index is 13.6. The summed E-state index contributed by atoms with van der Waals surface area (Å²) in [6.07, 6.45) is 0.836. The van der Waals surface area contributed by atoms with Crippen molar-refractivity contribution in [2.75, 3.05) is 44.3 Å². The van der Waals surface area contributed by atoms with Gasteiger partial charge in [0.2, 0.25) is 0 Å². The van der Waals surface area contributed by atoms with Gasteiger partial charge in [-0.3, -0.25) is 14.6 Å². The molecular formula is C19H19BrFN3O2S2. The van der Waals surface area contributed by atoms with E-state index in [1.54, 1.807) is 11.0 Å². The van der Waals surface area contributed by atoms with Crippen molar-refractivity contribution in [1.29, 1.82) is 0 Å². The minimum atomic E-state index is -0.296. The first kappa shape index (κ1) is 19.9. The van der Waals surface area contributed by atoms with E-state index in [4.69, 9.17) is 4.74 Å². The van der Waals surface area contributed by atoms with E-state index in [1.165, 1.54) is 34.8 Å². The van der Waals surface area contributed by atoms with Crippen molar-refractivity contribution in [3.8, 4) is 0 Å². The van der Waals surface area contributed by atoms with Gasteiger partial charge in [-0.05, 0) is 52.7 Å². The molecule has 1 saturated heterocycles. The Labute approximate surface area is 178 Å². The van der Waals surface area contributed by atoms with Gasteiger partial charge in [-0.25, -0.2) is 9.37 Å². The number of fused-ring (bicyclic) bond motifs is 1. The zero-order valence-electron chi connectivity index (χ0n) is 15.1. The number of hydrogen-bond acceptors (Lipinski definition) is 6. The van der Waals surface area contributed by atoms with Gasteiger partial charge in [-0.2, -0.15) is 0 Å². The number of rotatable bonds is 6. The molecule has 0 unspecified atom stereocenters. The smallest absolute Gasteiger partial charge is 0.270 e.